The Hall–Kier alpha value is -1.06. The van der Waals surface area contributed by atoms with Crippen LogP contribution in [-0.2, 0) is 19.1 Å². The zero-order valence-corrected chi connectivity index (χ0v) is 15.4. The van der Waals surface area contributed by atoms with Crippen LogP contribution in [0, 0.1) is 0 Å². The molecular formula is C20H36O4. The van der Waals surface area contributed by atoms with E-state index in [0.717, 1.165) is 38.5 Å². The molecule has 1 heterocycles. The molecule has 1 aliphatic rings. The molecule has 140 valence electrons. The third-order valence-corrected chi connectivity index (χ3v) is 4.58. The molecular weight excluding hydrogens is 304 g/mol. The van der Waals surface area contributed by atoms with Gasteiger partial charge in [-0.2, -0.15) is 0 Å². The van der Waals surface area contributed by atoms with Gasteiger partial charge in [0.1, 0.15) is 0 Å². The van der Waals surface area contributed by atoms with Gasteiger partial charge in [0.05, 0.1) is 13.2 Å². The van der Waals surface area contributed by atoms with Gasteiger partial charge in [0.2, 0.25) is 0 Å². The number of ether oxygens (including phenoxy) is 2. The minimum absolute atomic E-state index is 0.0726. The standard InChI is InChI=1S/C20H36O4/c21-19-15-11-7-8-12-16-20(22)24-18-14-10-6-4-2-1-3-5-9-13-17-23-19/h1-18H2. The Bertz CT molecular complexity index is 296. The van der Waals surface area contributed by atoms with Crippen LogP contribution in [0.5, 0.6) is 0 Å². The molecule has 0 aromatic carbocycles. The zero-order chi connectivity index (χ0) is 17.3. The highest BCUT2D eigenvalue weighted by molar-refractivity contribution is 5.69. The van der Waals surface area contributed by atoms with Crippen LogP contribution in [0.1, 0.15) is 103 Å². The van der Waals surface area contributed by atoms with Crippen molar-refractivity contribution in [3.63, 3.8) is 0 Å². The zero-order valence-electron chi connectivity index (χ0n) is 15.4. The van der Waals surface area contributed by atoms with E-state index >= 15 is 0 Å². The Morgan fingerprint density at radius 1 is 0.417 bits per heavy atom. The van der Waals surface area contributed by atoms with Gasteiger partial charge >= 0.3 is 11.9 Å². The molecule has 0 spiro atoms. The number of cyclic esters (lactones) is 2. The van der Waals surface area contributed by atoms with Gasteiger partial charge in [0.15, 0.2) is 0 Å². The molecule has 24 heavy (non-hydrogen) atoms. The topological polar surface area (TPSA) is 52.6 Å². The number of hydrogen-bond donors (Lipinski definition) is 0. The smallest absolute Gasteiger partial charge is 0.305 e. The lowest BCUT2D eigenvalue weighted by atomic mass is 10.1. The minimum Gasteiger partial charge on any atom is -0.466 e. The molecule has 1 rings (SSSR count). The van der Waals surface area contributed by atoms with Crippen molar-refractivity contribution < 1.29 is 19.1 Å². The molecule has 0 saturated carbocycles. The molecule has 0 aliphatic carbocycles. The first-order valence-electron chi connectivity index (χ1n) is 10.1. The van der Waals surface area contributed by atoms with Gasteiger partial charge in [0.25, 0.3) is 0 Å². The number of hydrogen-bond acceptors (Lipinski definition) is 4. The third kappa shape index (κ3) is 13.4. The second kappa shape index (κ2) is 15.5. The maximum atomic E-state index is 11.6. The molecule has 0 aromatic rings. The molecule has 4 nitrogen and oxygen atoms in total. The van der Waals surface area contributed by atoms with E-state index in [1.807, 2.05) is 0 Å². The second-order valence-corrected chi connectivity index (χ2v) is 6.89. The predicted octanol–water partition coefficient (Wildman–Crippen LogP) is 5.33. The van der Waals surface area contributed by atoms with E-state index in [1.54, 1.807) is 0 Å². The molecule has 0 atom stereocenters. The van der Waals surface area contributed by atoms with E-state index < -0.39 is 0 Å². The van der Waals surface area contributed by atoms with Gasteiger partial charge in [0, 0.05) is 12.8 Å². The highest BCUT2D eigenvalue weighted by atomic mass is 16.5. The van der Waals surface area contributed by atoms with Crippen LogP contribution in [0.15, 0.2) is 0 Å². The van der Waals surface area contributed by atoms with E-state index in [1.165, 1.54) is 51.4 Å². The molecule has 1 saturated heterocycles. The summed E-state index contributed by atoms with van der Waals surface area (Å²) in [5.74, 6) is -0.145. The maximum Gasteiger partial charge on any atom is 0.305 e. The van der Waals surface area contributed by atoms with E-state index in [0.29, 0.717) is 26.1 Å². The van der Waals surface area contributed by atoms with Crippen LogP contribution in [0.3, 0.4) is 0 Å². The summed E-state index contributed by atoms with van der Waals surface area (Å²) < 4.78 is 10.5. The first kappa shape index (κ1) is 21.0. The van der Waals surface area contributed by atoms with Crippen molar-refractivity contribution in [1.29, 1.82) is 0 Å². The fraction of sp³-hybridized carbons (Fsp3) is 0.900. The van der Waals surface area contributed by atoms with Gasteiger partial charge < -0.3 is 9.47 Å². The van der Waals surface area contributed by atoms with E-state index in [2.05, 4.69) is 0 Å². The van der Waals surface area contributed by atoms with Crippen molar-refractivity contribution in [1.82, 2.24) is 0 Å². The van der Waals surface area contributed by atoms with E-state index in [-0.39, 0.29) is 11.9 Å². The van der Waals surface area contributed by atoms with E-state index in [4.69, 9.17) is 9.47 Å². The molecule has 1 fully saturated rings. The summed E-state index contributed by atoms with van der Waals surface area (Å²) in [6.45, 7) is 1.15. The summed E-state index contributed by atoms with van der Waals surface area (Å²) in [5, 5.41) is 0. The number of esters is 2. The van der Waals surface area contributed by atoms with Gasteiger partial charge in [-0.25, -0.2) is 0 Å². The molecule has 0 amide bonds. The highest BCUT2D eigenvalue weighted by Crippen LogP contribution is 2.12. The SMILES string of the molecule is O=C1CCCCCCC(=O)OCCCCCCCCCCCCO1. The van der Waals surface area contributed by atoms with Crippen molar-refractivity contribution in [2.24, 2.45) is 0 Å². The quantitative estimate of drug-likeness (QED) is 0.559. The van der Waals surface area contributed by atoms with E-state index in [9.17, 15) is 9.59 Å². The normalized spacial score (nSPS) is 22.5. The van der Waals surface area contributed by atoms with Gasteiger partial charge in [-0.3, -0.25) is 9.59 Å². The molecule has 0 N–H and O–H groups in total. The lowest BCUT2D eigenvalue weighted by Crippen LogP contribution is -2.06. The number of carbonyl (C=O) groups is 2. The average molecular weight is 341 g/mol. The monoisotopic (exact) mass is 340 g/mol. The molecule has 0 radical (unpaired) electrons. The molecule has 4 heteroatoms. The highest BCUT2D eigenvalue weighted by Gasteiger charge is 2.05. The average Bonchev–Trinajstić information content (AvgIpc) is 2.57. The Morgan fingerprint density at radius 2 is 0.708 bits per heavy atom. The van der Waals surface area contributed by atoms with Crippen molar-refractivity contribution >= 4 is 11.9 Å². The lowest BCUT2D eigenvalue weighted by molar-refractivity contribution is -0.145. The van der Waals surface area contributed by atoms with Crippen LogP contribution in [-0.4, -0.2) is 25.2 Å². The van der Waals surface area contributed by atoms with Crippen LogP contribution in [0.2, 0.25) is 0 Å². The summed E-state index contributed by atoms with van der Waals surface area (Å²) in [5.41, 5.74) is 0. The van der Waals surface area contributed by atoms with Gasteiger partial charge in [-0.15, -0.1) is 0 Å². The summed E-state index contributed by atoms with van der Waals surface area (Å²) in [7, 11) is 0. The molecule has 0 unspecified atom stereocenters. The lowest BCUT2D eigenvalue weighted by Gasteiger charge is -2.07. The number of carbonyl (C=O) groups excluding carboxylic acids is 2. The minimum atomic E-state index is -0.0726. The molecule has 0 aromatic heterocycles. The summed E-state index contributed by atoms with van der Waals surface area (Å²) in [4.78, 5) is 23.2. The summed E-state index contributed by atoms with van der Waals surface area (Å²) >= 11 is 0. The Balaban J connectivity index is 2.16. The van der Waals surface area contributed by atoms with Crippen LogP contribution < -0.4 is 0 Å². The van der Waals surface area contributed by atoms with Crippen molar-refractivity contribution in [2.75, 3.05) is 13.2 Å². The van der Waals surface area contributed by atoms with Crippen LogP contribution in [0.25, 0.3) is 0 Å². The fourth-order valence-corrected chi connectivity index (χ4v) is 3.03. The maximum absolute atomic E-state index is 11.6. The van der Waals surface area contributed by atoms with Crippen molar-refractivity contribution in [3.05, 3.63) is 0 Å². The first-order valence-corrected chi connectivity index (χ1v) is 10.1. The Kier molecular flexibility index (Phi) is 13.5. The predicted molar refractivity (Wildman–Crippen MR) is 95.8 cm³/mol. The third-order valence-electron chi connectivity index (χ3n) is 4.58. The summed E-state index contributed by atoms with van der Waals surface area (Å²) in [6, 6.07) is 0. The Morgan fingerprint density at radius 3 is 1.08 bits per heavy atom. The molecule has 0 bridgehead atoms. The summed E-state index contributed by atoms with van der Waals surface area (Å²) in [6.07, 6.45) is 16.6. The number of rotatable bonds is 0. The Labute approximate surface area is 147 Å². The van der Waals surface area contributed by atoms with Gasteiger partial charge in [-0.05, 0) is 25.7 Å². The second-order valence-electron chi connectivity index (χ2n) is 6.89. The van der Waals surface area contributed by atoms with Gasteiger partial charge in [-0.1, -0.05) is 64.2 Å². The van der Waals surface area contributed by atoms with Crippen molar-refractivity contribution in [2.45, 2.75) is 103 Å². The van der Waals surface area contributed by atoms with Crippen molar-refractivity contribution in [3.8, 4) is 0 Å². The van der Waals surface area contributed by atoms with Crippen LogP contribution in [0.4, 0.5) is 0 Å². The first-order chi connectivity index (χ1) is 11.8. The fourth-order valence-electron chi connectivity index (χ4n) is 3.03. The molecule has 1 aliphatic heterocycles. The largest absolute Gasteiger partial charge is 0.466 e. The van der Waals surface area contributed by atoms with Crippen LogP contribution >= 0.6 is 0 Å².